The average Bonchev–Trinajstić information content (AvgIpc) is 2.87. The Labute approximate surface area is 124 Å². The van der Waals surface area contributed by atoms with Crippen molar-refractivity contribution < 1.29 is 13.5 Å². The summed E-state index contributed by atoms with van der Waals surface area (Å²) in [5, 5.41) is 0. The van der Waals surface area contributed by atoms with E-state index < -0.39 is 0 Å². The van der Waals surface area contributed by atoms with Gasteiger partial charge in [0.2, 0.25) is 0 Å². The average molecular weight is 289 g/mol. The summed E-state index contributed by atoms with van der Waals surface area (Å²) in [6, 6.07) is 10.7. The number of aryl methyl sites for hydroxylation is 1. The monoisotopic (exact) mass is 289 g/mol. The number of hydrogen-bond donors (Lipinski definition) is 0. The van der Waals surface area contributed by atoms with E-state index in [9.17, 15) is 4.39 Å². The van der Waals surface area contributed by atoms with Crippen LogP contribution in [0.15, 0.2) is 40.8 Å². The van der Waals surface area contributed by atoms with Gasteiger partial charge in [0.15, 0.2) is 0 Å². The molecule has 1 saturated heterocycles. The SMILES string of the molecule is Cc1ccc(CN2CCO[C@H](Cc3ccc(F)cc3)C2)o1. The van der Waals surface area contributed by atoms with Gasteiger partial charge in [-0.2, -0.15) is 0 Å². The summed E-state index contributed by atoms with van der Waals surface area (Å²) >= 11 is 0. The maximum atomic E-state index is 12.9. The number of rotatable bonds is 4. The highest BCUT2D eigenvalue weighted by molar-refractivity contribution is 5.17. The standard InChI is InChI=1S/C17H20FNO2/c1-13-2-7-16(21-13)11-19-8-9-20-17(12-19)10-14-3-5-15(18)6-4-14/h2-7,17H,8-12H2,1H3/t17-/m1/s1. The molecule has 1 aliphatic rings. The fourth-order valence-electron chi connectivity index (χ4n) is 2.72. The highest BCUT2D eigenvalue weighted by atomic mass is 19.1. The topological polar surface area (TPSA) is 25.6 Å². The number of halogens is 1. The summed E-state index contributed by atoms with van der Waals surface area (Å²) < 4.78 is 24.4. The predicted molar refractivity (Wildman–Crippen MR) is 78.6 cm³/mol. The van der Waals surface area contributed by atoms with E-state index in [4.69, 9.17) is 9.15 Å². The molecule has 3 nitrogen and oxygen atoms in total. The summed E-state index contributed by atoms with van der Waals surface area (Å²) in [4.78, 5) is 2.34. The van der Waals surface area contributed by atoms with Crippen molar-refractivity contribution >= 4 is 0 Å². The molecule has 1 atom stereocenters. The minimum Gasteiger partial charge on any atom is -0.465 e. The van der Waals surface area contributed by atoms with Crippen LogP contribution in [0.25, 0.3) is 0 Å². The van der Waals surface area contributed by atoms with Gasteiger partial charge in [-0.1, -0.05) is 12.1 Å². The van der Waals surface area contributed by atoms with E-state index in [1.54, 1.807) is 0 Å². The molecule has 0 bridgehead atoms. The van der Waals surface area contributed by atoms with Crippen LogP contribution in [0.3, 0.4) is 0 Å². The van der Waals surface area contributed by atoms with Crippen molar-refractivity contribution in [3.05, 3.63) is 59.3 Å². The first-order valence-corrected chi connectivity index (χ1v) is 7.33. The second-order valence-electron chi connectivity index (χ2n) is 5.57. The van der Waals surface area contributed by atoms with Crippen LogP contribution in [0.2, 0.25) is 0 Å². The fourth-order valence-corrected chi connectivity index (χ4v) is 2.72. The van der Waals surface area contributed by atoms with Gasteiger partial charge in [0.1, 0.15) is 17.3 Å². The number of ether oxygens (including phenoxy) is 1. The third-order valence-electron chi connectivity index (χ3n) is 3.77. The Morgan fingerprint density at radius 3 is 2.71 bits per heavy atom. The van der Waals surface area contributed by atoms with Crippen LogP contribution in [-0.4, -0.2) is 30.7 Å². The van der Waals surface area contributed by atoms with Gasteiger partial charge in [-0.25, -0.2) is 4.39 Å². The quantitative estimate of drug-likeness (QED) is 0.864. The number of hydrogen-bond acceptors (Lipinski definition) is 3. The van der Waals surface area contributed by atoms with E-state index in [2.05, 4.69) is 4.90 Å². The molecule has 2 aromatic rings. The van der Waals surface area contributed by atoms with Crippen molar-refractivity contribution in [3.8, 4) is 0 Å². The lowest BCUT2D eigenvalue weighted by Crippen LogP contribution is -2.42. The van der Waals surface area contributed by atoms with E-state index in [1.165, 1.54) is 12.1 Å². The molecular weight excluding hydrogens is 269 g/mol. The van der Waals surface area contributed by atoms with Crippen LogP contribution >= 0.6 is 0 Å². The number of benzene rings is 1. The largest absolute Gasteiger partial charge is 0.465 e. The van der Waals surface area contributed by atoms with Crippen molar-refractivity contribution in [3.63, 3.8) is 0 Å². The minimum atomic E-state index is -0.196. The lowest BCUT2D eigenvalue weighted by Gasteiger charge is -2.32. The molecule has 0 aliphatic carbocycles. The Hall–Kier alpha value is -1.65. The van der Waals surface area contributed by atoms with E-state index in [0.29, 0.717) is 0 Å². The van der Waals surface area contributed by atoms with Crippen LogP contribution < -0.4 is 0 Å². The molecular formula is C17H20FNO2. The Morgan fingerprint density at radius 2 is 2.00 bits per heavy atom. The maximum absolute atomic E-state index is 12.9. The van der Waals surface area contributed by atoms with E-state index >= 15 is 0 Å². The zero-order valence-electron chi connectivity index (χ0n) is 12.2. The van der Waals surface area contributed by atoms with Crippen LogP contribution in [0, 0.1) is 12.7 Å². The first-order valence-electron chi connectivity index (χ1n) is 7.33. The second kappa shape index (κ2) is 6.41. The normalized spacial score (nSPS) is 19.8. The molecule has 1 aromatic heterocycles. The van der Waals surface area contributed by atoms with Gasteiger partial charge in [-0.3, -0.25) is 4.90 Å². The maximum Gasteiger partial charge on any atom is 0.123 e. The molecule has 112 valence electrons. The van der Waals surface area contributed by atoms with Gasteiger partial charge in [0.05, 0.1) is 19.3 Å². The van der Waals surface area contributed by atoms with Gasteiger partial charge < -0.3 is 9.15 Å². The first kappa shape index (κ1) is 14.3. The molecule has 0 N–H and O–H groups in total. The summed E-state index contributed by atoms with van der Waals surface area (Å²) in [6.45, 7) is 5.29. The molecule has 0 radical (unpaired) electrons. The molecule has 0 spiro atoms. The molecule has 21 heavy (non-hydrogen) atoms. The van der Waals surface area contributed by atoms with E-state index in [0.717, 1.165) is 49.7 Å². The Bertz CT molecular complexity index is 579. The second-order valence-corrected chi connectivity index (χ2v) is 5.57. The smallest absolute Gasteiger partial charge is 0.123 e. The summed E-state index contributed by atoms with van der Waals surface area (Å²) in [7, 11) is 0. The van der Waals surface area contributed by atoms with Crippen LogP contribution in [0.5, 0.6) is 0 Å². The van der Waals surface area contributed by atoms with Crippen LogP contribution in [-0.2, 0) is 17.7 Å². The molecule has 1 aromatic carbocycles. The van der Waals surface area contributed by atoms with Gasteiger partial charge in [0.25, 0.3) is 0 Å². The Morgan fingerprint density at radius 1 is 1.19 bits per heavy atom. The molecule has 0 saturated carbocycles. The lowest BCUT2D eigenvalue weighted by molar-refractivity contribution is -0.0323. The third kappa shape index (κ3) is 3.93. The Kier molecular flexibility index (Phi) is 4.36. The molecule has 3 rings (SSSR count). The van der Waals surface area contributed by atoms with Crippen molar-refractivity contribution in [2.24, 2.45) is 0 Å². The molecule has 1 fully saturated rings. The number of nitrogens with zero attached hydrogens (tertiary/aromatic N) is 1. The van der Waals surface area contributed by atoms with Crippen molar-refractivity contribution in [2.75, 3.05) is 19.7 Å². The number of furan rings is 1. The molecule has 0 unspecified atom stereocenters. The van der Waals surface area contributed by atoms with E-state index in [1.807, 2.05) is 31.2 Å². The fraction of sp³-hybridized carbons (Fsp3) is 0.412. The molecule has 4 heteroatoms. The summed E-state index contributed by atoms with van der Waals surface area (Å²) in [5.41, 5.74) is 1.11. The number of morpholine rings is 1. The highest BCUT2D eigenvalue weighted by Crippen LogP contribution is 2.16. The predicted octanol–water partition coefficient (Wildman–Crippen LogP) is 3.17. The van der Waals surface area contributed by atoms with Crippen LogP contribution in [0.4, 0.5) is 4.39 Å². The summed E-state index contributed by atoms with van der Waals surface area (Å²) in [5.74, 6) is 1.74. The van der Waals surface area contributed by atoms with Gasteiger partial charge in [0, 0.05) is 13.1 Å². The summed E-state index contributed by atoms with van der Waals surface area (Å²) in [6.07, 6.45) is 0.966. The third-order valence-corrected chi connectivity index (χ3v) is 3.77. The van der Waals surface area contributed by atoms with Gasteiger partial charge >= 0.3 is 0 Å². The van der Waals surface area contributed by atoms with Crippen molar-refractivity contribution in [2.45, 2.75) is 26.0 Å². The minimum absolute atomic E-state index is 0.153. The first-order chi connectivity index (χ1) is 10.2. The van der Waals surface area contributed by atoms with Crippen LogP contribution in [0.1, 0.15) is 17.1 Å². The lowest BCUT2D eigenvalue weighted by atomic mass is 10.1. The van der Waals surface area contributed by atoms with Crippen molar-refractivity contribution in [1.82, 2.24) is 4.90 Å². The molecule has 2 heterocycles. The van der Waals surface area contributed by atoms with Gasteiger partial charge in [-0.15, -0.1) is 0 Å². The van der Waals surface area contributed by atoms with E-state index in [-0.39, 0.29) is 11.9 Å². The zero-order valence-corrected chi connectivity index (χ0v) is 12.2. The molecule has 1 aliphatic heterocycles. The molecule has 0 amide bonds. The Balaban J connectivity index is 1.56. The highest BCUT2D eigenvalue weighted by Gasteiger charge is 2.21. The zero-order chi connectivity index (χ0) is 14.7. The van der Waals surface area contributed by atoms with Crippen molar-refractivity contribution in [1.29, 1.82) is 0 Å². The van der Waals surface area contributed by atoms with Gasteiger partial charge in [-0.05, 0) is 43.2 Å².